The van der Waals surface area contributed by atoms with E-state index in [-0.39, 0.29) is 26.9 Å². The number of carbonyl (C=O) groups excluding carboxylic acids is 2. The van der Waals surface area contributed by atoms with Gasteiger partial charge in [0.1, 0.15) is 4.88 Å². The van der Waals surface area contributed by atoms with Gasteiger partial charge in [-0.1, -0.05) is 28.1 Å². The number of fused-ring (bicyclic) bond motifs is 2. The minimum absolute atomic E-state index is 0.00405. The Bertz CT molecular complexity index is 760. The molecule has 0 bridgehead atoms. The van der Waals surface area contributed by atoms with Gasteiger partial charge in [0.15, 0.2) is 5.78 Å². The van der Waals surface area contributed by atoms with Gasteiger partial charge in [-0.25, -0.2) is 4.79 Å². The fraction of sp³-hybridized carbons (Fsp3) is 0. The van der Waals surface area contributed by atoms with Gasteiger partial charge in [0.25, 0.3) is 0 Å². The lowest BCUT2D eigenvalue weighted by Gasteiger charge is -2.14. The Hall–Kier alpha value is -1.79. The van der Waals surface area contributed by atoms with E-state index in [0.717, 1.165) is 11.3 Å². The molecule has 0 saturated heterocycles. The van der Waals surface area contributed by atoms with E-state index >= 15 is 0 Å². The second-order valence-electron chi connectivity index (χ2n) is 3.98. The Morgan fingerprint density at radius 2 is 1.89 bits per heavy atom. The summed E-state index contributed by atoms with van der Waals surface area (Å²) in [6.07, 6.45) is 0. The molecule has 3 rings (SSSR count). The second kappa shape index (κ2) is 4.11. The molecule has 1 aliphatic carbocycles. The number of hydrogen-bond donors (Lipinski definition) is 1. The molecule has 1 aromatic heterocycles. The van der Waals surface area contributed by atoms with Gasteiger partial charge in [-0.2, -0.15) is 0 Å². The van der Waals surface area contributed by atoms with Crippen molar-refractivity contribution in [3.05, 3.63) is 55.2 Å². The molecule has 1 heterocycles. The Balaban J connectivity index is 2.30. The van der Waals surface area contributed by atoms with Crippen LogP contribution in [0, 0.1) is 0 Å². The predicted octanol–water partition coefficient (Wildman–Crippen LogP) is 2.98. The lowest BCUT2D eigenvalue weighted by molar-refractivity contribution is 0.0702. The fourth-order valence-corrected chi connectivity index (χ4v) is 3.52. The van der Waals surface area contributed by atoms with Gasteiger partial charge in [0, 0.05) is 21.2 Å². The highest BCUT2D eigenvalue weighted by molar-refractivity contribution is 9.10. The van der Waals surface area contributed by atoms with Crippen LogP contribution in [0.5, 0.6) is 0 Å². The number of halogens is 1. The fourth-order valence-electron chi connectivity index (χ4n) is 2.04. The molecule has 0 fully saturated rings. The molecule has 4 nitrogen and oxygen atoms in total. The number of ketones is 2. The summed E-state index contributed by atoms with van der Waals surface area (Å²) in [5, 5.41) is 8.96. The monoisotopic (exact) mass is 336 g/mol. The Morgan fingerprint density at radius 3 is 2.58 bits per heavy atom. The SMILES string of the molecule is O=C(O)c1cc2c(s1)C(=O)c1c(Br)cccc1C2=O. The largest absolute Gasteiger partial charge is 0.477 e. The first kappa shape index (κ1) is 12.3. The van der Waals surface area contributed by atoms with Crippen molar-refractivity contribution in [1.29, 1.82) is 0 Å². The number of benzene rings is 1. The van der Waals surface area contributed by atoms with E-state index in [0.29, 0.717) is 15.6 Å². The molecule has 0 aliphatic heterocycles. The smallest absolute Gasteiger partial charge is 0.345 e. The molecular formula is C13H5BrO4S. The maximum atomic E-state index is 12.3. The first-order chi connectivity index (χ1) is 9.00. The summed E-state index contributed by atoms with van der Waals surface area (Å²) in [5.74, 6) is -1.76. The predicted molar refractivity (Wildman–Crippen MR) is 72.3 cm³/mol. The number of carbonyl (C=O) groups is 3. The van der Waals surface area contributed by atoms with E-state index in [4.69, 9.17) is 5.11 Å². The maximum absolute atomic E-state index is 12.3. The summed E-state index contributed by atoms with van der Waals surface area (Å²) in [5.41, 5.74) is 0.790. The highest BCUT2D eigenvalue weighted by Crippen LogP contribution is 2.36. The summed E-state index contributed by atoms with van der Waals surface area (Å²) < 4.78 is 0.541. The van der Waals surface area contributed by atoms with Crippen LogP contribution in [0.25, 0.3) is 0 Å². The Morgan fingerprint density at radius 1 is 1.16 bits per heavy atom. The zero-order chi connectivity index (χ0) is 13.7. The standard InChI is InChI=1S/C13H5BrO4S/c14-7-3-1-2-5-9(7)11(16)12-6(10(5)15)4-8(19-12)13(17)18/h1-4H,(H,17,18). The molecule has 0 saturated carbocycles. The molecule has 0 spiro atoms. The third-order valence-electron chi connectivity index (χ3n) is 2.88. The Kier molecular flexibility index (Phi) is 2.65. The van der Waals surface area contributed by atoms with Crippen molar-refractivity contribution in [1.82, 2.24) is 0 Å². The molecule has 6 heteroatoms. The number of thiophene rings is 1. The van der Waals surface area contributed by atoms with Crippen LogP contribution < -0.4 is 0 Å². The van der Waals surface area contributed by atoms with Crippen molar-refractivity contribution in [2.45, 2.75) is 0 Å². The lowest BCUT2D eigenvalue weighted by Crippen LogP contribution is -2.19. The van der Waals surface area contributed by atoms with Crippen LogP contribution in [-0.2, 0) is 0 Å². The van der Waals surface area contributed by atoms with Crippen LogP contribution in [0.15, 0.2) is 28.7 Å². The molecule has 1 aliphatic rings. The number of carboxylic acids is 1. The van der Waals surface area contributed by atoms with E-state index in [1.165, 1.54) is 6.07 Å². The average molecular weight is 337 g/mol. The number of aromatic carboxylic acids is 1. The molecule has 19 heavy (non-hydrogen) atoms. The first-order valence-corrected chi connectivity index (χ1v) is 6.86. The molecule has 2 aromatic rings. The van der Waals surface area contributed by atoms with Gasteiger partial charge < -0.3 is 5.11 Å². The number of carboxylic acid groups (broad SMARTS) is 1. The van der Waals surface area contributed by atoms with Crippen LogP contribution in [0.1, 0.15) is 40.8 Å². The summed E-state index contributed by atoms with van der Waals surface area (Å²) in [6, 6.07) is 6.19. The molecule has 1 aromatic carbocycles. The first-order valence-electron chi connectivity index (χ1n) is 5.25. The quantitative estimate of drug-likeness (QED) is 0.741. The van der Waals surface area contributed by atoms with Crippen LogP contribution in [0.2, 0.25) is 0 Å². The van der Waals surface area contributed by atoms with Gasteiger partial charge in [-0.15, -0.1) is 11.3 Å². The van der Waals surface area contributed by atoms with Gasteiger partial charge in [0.05, 0.1) is 4.88 Å². The van der Waals surface area contributed by atoms with Crippen molar-refractivity contribution in [3.63, 3.8) is 0 Å². The number of hydrogen-bond acceptors (Lipinski definition) is 4. The van der Waals surface area contributed by atoms with E-state index < -0.39 is 5.97 Å². The van der Waals surface area contributed by atoms with Crippen molar-refractivity contribution in [2.24, 2.45) is 0 Å². The summed E-state index contributed by atoms with van der Waals surface area (Å²) in [4.78, 5) is 35.8. The molecular weight excluding hydrogens is 332 g/mol. The molecule has 0 atom stereocenters. The van der Waals surface area contributed by atoms with Gasteiger partial charge >= 0.3 is 5.97 Å². The van der Waals surface area contributed by atoms with E-state index in [1.54, 1.807) is 18.2 Å². The number of rotatable bonds is 1. The maximum Gasteiger partial charge on any atom is 0.345 e. The summed E-state index contributed by atoms with van der Waals surface area (Å²) in [7, 11) is 0. The molecule has 94 valence electrons. The van der Waals surface area contributed by atoms with Gasteiger partial charge in [-0.3, -0.25) is 9.59 Å². The highest BCUT2D eigenvalue weighted by Gasteiger charge is 2.34. The van der Waals surface area contributed by atoms with Crippen molar-refractivity contribution >= 4 is 44.8 Å². The normalized spacial score (nSPS) is 13.1. The highest BCUT2D eigenvalue weighted by atomic mass is 79.9. The van der Waals surface area contributed by atoms with Gasteiger partial charge in [-0.05, 0) is 12.1 Å². The molecule has 1 N–H and O–H groups in total. The van der Waals surface area contributed by atoms with Crippen LogP contribution in [0.4, 0.5) is 0 Å². The van der Waals surface area contributed by atoms with E-state index in [9.17, 15) is 14.4 Å². The summed E-state index contributed by atoms with van der Waals surface area (Å²) in [6.45, 7) is 0. The minimum atomic E-state index is -1.14. The van der Waals surface area contributed by atoms with Crippen molar-refractivity contribution < 1.29 is 19.5 Å². The Labute approximate surface area is 119 Å². The van der Waals surface area contributed by atoms with Crippen molar-refractivity contribution in [3.8, 4) is 0 Å². The topological polar surface area (TPSA) is 71.4 Å². The third kappa shape index (κ3) is 1.67. The summed E-state index contributed by atoms with van der Waals surface area (Å²) >= 11 is 4.09. The van der Waals surface area contributed by atoms with E-state index in [2.05, 4.69) is 15.9 Å². The zero-order valence-electron chi connectivity index (χ0n) is 9.27. The molecule has 0 radical (unpaired) electrons. The lowest BCUT2D eigenvalue weighted by atomic mass is 9.89. The molecule has 0 amide bonds. The zero-order valence-corrected chi connectivity index (χ0v) is 11.7. The van der Waals surface area contributed by atoms with Crippen molar-refractivity contribution in [2.75, 3.05) is 0 Å². The molecule has 0 unspecified atom stereocenters. The van der Waals surface area contributed by atoms with Crippen LogP contribution >= 0.6 is 27.3 Å². The van der Waals surface area contributed by atoms with E-state index in [1.807, 2.05) is 0 Å². The minimum Gasteiger partial charge on any atom is -0.477 e. The third-order valence-corrected chi connectivity index (χ3v) is 4.66. The average Bonchev–Trinajstić information content (AvgIpc) is 2.81. The van der Waals surface area contributed by atoms with Gasteiger partial charge in [0.2, 0.25) is 5.78 Å². The van der Waals surface area contributed by atoms with Crippen LogP contribution in [-0.4, -0.2) is 22.6 Å². The second-order valence-corrected chi connectivity index (χ2v) is 5.89. The van der Waals surface area contributed by atoms with Crippen LogP contribution in [0.3, 0.4) is 0 Å².